The molecule has 0 unspecified atom stereocenters. The number of carbonyl (C=O) groups excluding carboxylic acids is 2. The summed E-state index contributed by atoms with van der Waals surface area (Å²) in [6, 6.07) is 12.4. The van der Waals surface area contributed by atoms with Crippen molar-refractivity contribution in [2.45, 2.75) is 20.4 Å². The van der Waals surface area contributed by atoms with Gasteiger partial charge in [-0.25, -0.2) is 9.37 Å². The number of nitrogens with zero attached hydrogens (tertiary/aromatic N) is 2. The fourth-order valence-corrected chi connectivity index (χ4v) is 4.41. The highest BCUT2D eigenvalue weighted by Crippen LogP contribution is 2.35. The first-order valence-electron chi connectivity index (χ1n) is 9.49. The van der Waals surface area contributed by atoms with Gasteiger partial charge < -0.3 is 5.32 Å². The van der Waals surface area contributed by atoms with E-state index in [1.54, 1.807) is 36.4 Å². The Kier molecular flexibility index (Phi) is 5.48. The van der Waals surface area contributed by atoms with Crippen LogP contribution in [-0.4, -0.2) is 21.2 Å². The van der Waals surface area contributed by atoms with Gasteiger partial charge in [0.15, 0.2) is 5.78 Å². The number of anilines is 1. The first-order valence-corrected chi connectivity index (χ1v) is 10.3. The van der Waals surface area contributed by atoms with Gasteiger partial charge in [-0.3, -0.25) is 19.0 Å². The molecule has 8 heteroatoms. The molecule has 156 valence electrons. The van der Waals surface area contributed by atoms with E-state index in [4.69, 9.17) is 0 Å². The highest BCUT2D eigenvalue weighted by molar-refractivity contribution is 7.19. The van der Waals surface area contributed by atoms with Gasteiger partial charge in [-0.1, -0.05) is 12.1 Å². The molecule has 2 aromatic carbocycles. The average molecular weight is 435 g/mol. The Hall–Kier alpha value is -3.65. The van der Waals surface area contributed by atoms with Crippen LogP contribution < -0.4 is 10.9 Å². The van der Waals surface area contributed by atoms with E-state index < -0.39 is 0 Å². The third-order valence-corrected chi connectivity index (χ3v) is 5.84. The maximum atomic E-state index is 13.3. The van der Waals surface area contributed by atoms with Crippen molar-refractivity contribution >= 4 is 38.9 Å². The van der Waals surface area contributed by atoms with E-state index in [2.05, 4.69) is 10.3 Å². The second-order valence-electron chi connectivity index (χ2n) is 7.08. The van der Waals surface area contributed by atoms with Crippen LogP contribution in [0.3, 0.4) is 0 Å². The summed E-state index contributed by atoms with van der Waals surface area (Å²) in [4.78, 5) is 42.9. The first-order chi connectivity index (χ1) is 14.8. The van der Waals surface area contributed by atoms with E-state index >= 15 is 0 Å². The number of fused-ring (bicyclic) bond motifs is 1. The van der Waals surface area contributed by atoms with Crippen molar-refractivity contribution in [1.29, 1.82) is 0 Å². The lowest BCUT2D eigenvalue weighted by Gasteiger charge is -2.07. The van der Waals surface area contributed by atoms with Crippen LogP contribution in [0.2, 0.25) is 0 Å². The Balaban J connectivity index is 1.69. The molecule has 0 saturated carbocycles. The summed E-state index contributed by atoms with van der Waals surface area (Å²) in [7, 11) is 0. The van der Waals surface area contributed by atoms with Crippen molar-refractivity contribution < 1.29 is 14.0 Å². The second-order valence-corrected chi connectivity index (χ2v) is 8.28. The average Bonchev–Trinajstić information content (AvgIpc) is 3.07. The molecule has 0 saturated heterocycles. The lowest BCUT2D eigenvalue weighted by molar-refractivity contribution is -0.114. The molecule has 0 atom stereocenters. The third kappa shape index (κ3) is 4.15. The molecular weight excluding hydrogens is 417 g/mol. The minimum absolute atomic E-state index is 0.168. The zero-order chi connectivity index (χ0) is 22.1. The fraction of sp³-hybridized carbons (Fsp3) is 0.130. The molecule has 2 heterocycles. The Morgan fingerprint density at radius 1 is 1.10 bits per heavy atom. The number of benzene rings is 2. The Morgan fingerprint density at radius 2 is 1.77 bits per heavy atom. The summed E-state index contributed by atoms with van der Waals surface area (Å²) in [6.07, 6.45) is 1.37. The molecule has 6 nitrogen and oxygen atoms in total. The number of carbonyl (C=O) groups is 2. The standard InChI is InChI=1S/C23H18FN3O3S/c1-13-20(16-3-7-17(24)8-4-16)21-22(31-13)25-12-27(23(21)30)11-19(29)15-5-9-18(10-6-15)26-14(2)28/h3-10,12H,11H2,1-2H3,(H,26,28). The van der Waals surface area contributed by atoms with E-state index in [1.165, 1.54) is 41.3 Å². The smallest absolute Gasteiger partial charge is 0.263 e. The summed E-state index contributed by atoms with van der Waals surface area (Å²) in [6.45, 7) is 3.12. The van der Waals surface area contributed by atoms with Gasteiger partial charge in [0.1, 0.15) is 10.6 Å². The molecule has 0 radical (unpaired) electrons. The van der Waals surface area contributed by atoms with Crippen LogP contribution in [0.25, 0.3) is 21.3 Å². The van der Waals surface area contributed by atoms with Gasteiger partial charge in [0.05, 0.1) is 18.3 Å². The molecule has 0 aliphatic heterocycles. The molecule has 1 amide bonds. The van der Waals surface area contributed by atoms with Crippen molar-refractivity contribution in [1.82, 2.24) is 9.55 Å². The van der Waals surface area contributed by atoms with Crippen LogP contribution in [0.1, 0.15) is 22.2 Å². The summed E-state index contributed by atoms with van der Waals surface area (Å²) in [5.41, 5.74) is 2.11. The van der Waals surface area contributed by atoms with E-state index in [1.807, 2.05) is 6.92 Å². The van der Waals surface area contributed by atoms with Gasteiger partial charge in [-0.2, -0.15) is 0 Å². The molecule has 0 fully saturated rings. The largest absolute Gasteiger partial charge is 0.326 e. The van der Waals surface area contributed by atoms with Crippen LogP contribution in [0.15, 0.2) is 59.7 Å². The lowest BCUT2D eigenvalue weighted by Crippen LogP contribution is -2.24. The van der Waals surface area contributed by atoms with Crippen molar-refractivity contribution in [2.24, 2.45) is 0 Å². The van der Waals surface area contributed by atoms with Crippen LogP contribution >= 0.6 is 11.3 Å². The van der Waals surface area contributed by atoms with Crippen molar-refractivity contribution in [3.63, 3.8) is 0 Å². The Morgan fingerprint density at radius 3 is 2.42 bits per heavy atom. The SMILES string of the molecule is CC(=O)Nc1ccc(C(=O)Cn2cnc3sc(C)c(-c4ccc(F)cc4)c3c2=O)cc1. The summed E-state index contributed by atoms with van der Waals surface area (Å²) >= 11 is 1.38. The van der Waals surface area contributed by atoms with Gasteiger partial charge in [-0.15, -0.1) is 11.3 Å². The van der Waals surface area contributed by atoms with Crippen LogP contribution in [0, 0.1) is 12.7 Å². The minimum Gasteiger partial charge on any atom is -0.326 e. The van der Waals surface area contributed by atoms with Crippen molar-refractivity contribution in [2.75, 3.05) is 5.32 Å². The number of hydrogen-bond donors (Lipinski definition) is 1. The summed E-state index contributed by atoms with van der Waals surface area (Å²) < 4.78 is 14.6. The number of halogens is 1. The van der Waals surface area contributed by atoms with Crippen LogP contribution in [0.5, 0.6) is 0 Å². The van der Waals surface area contributed by atoms with Crippen molar-refractivity contribution in [3.8, 4) is 11.1 Å². The zero-order valence-electron chi connectivity index (χ0n) is 16.8. The molecule has 4 aromatic rings. The molecule has 0 aliphatic rings. The highest BCUT2D eigenvalue weighted by atomic mass is 32.1. The first kappa shape index (κ1) is 20.6. The molecule has 0 spiro atoms. The number of Topliss-reactive ketones (excluding diaryl/α,β-unsaturated/α-hetero) is 1. The molecule has 0 bridgehead atoms. The predicted molar refractivity (Wildman–Crippen MR) is 119 cm³/mol. The van der Waals surface area contributed by atoms with Gasteiger partial charge in [0.25, 0.3) is 5.56 Å². The summed E-state index contributed by atoms with van der Waals surface area (Å²) in [5.74, 6) is -0.812. The van der Waals surface area contributed by atoms with E-state index in [9.17, 15) is 18.8 Å². The predicted octanol–water partition coefficient (Wildman–Crippen LogP) is 4.41. The van der Waals surface area contributed by atoms with Gasteiger partial charge in [0, 0.05) is 28.6 Å². The number of rotatable bonds is 5. The second kappa shape index (κ2) is 8.23. The minimum atomic E-state index is -0.355. The van der Waals surface area contributed by atoms with Crippen LogP contribution in [-0.2, 0) is 11.3 Å². The maximum absolute atomic E-state index is 13.3. The van der Waals surface area contributed by atoms with Gasteiger partial charge in [-0.05, 0) is 48.9 Å². The Bertz CT molecular complexity index is 1360. The Labute approximate surface area is 181 Å². The summed E-state index contributed by atoms with van der Waals surface area (Å²) in [5, 5.41) is 3.06. The quantitative estimate of drug-likeness (QED) is 0.471. The number of nitrogens with one attached hydrogen (secondary N) is 1. The number of aryl methyl sites for hydroxylation is 1. The fourth-order valence-electron chi connectivity index (χ4n) is 3.40. The van der Waals surface area contributed by atoms with E-state index in [0.29, 0.717) is 27.0 Å². The van der Waals surface area contributed by atoms with Crippen LogP contribution in [0.4, 0.5) is 10.1 Å². The molecule has 1 N–H and O–H groups in total. The van der Waals surface area contributed by atoms with Crippen molar-refractivity contribution in [3.05, 3.63) is 81.5 Å². The zero-order valence-corrected chi connectivity index (χ0v) is 17.6. The molecule has 2 aromatic heterocycles. The monoisotopic (exact) mass is 435 g/mol. The maximum Gasteiger partial charge on any atom is 0.263 e. The molecule has 4 rings (SSSR count). The highest BCUT2D eigenvalue weighted by Gasteiger charge is 2.18. The molecule has 31 heavy (non-hydrogen) atoms. The number of ketones is 1. The topological polar surface area (TPSA) is 81.1 Å². The normalized spacial score (nSPS) is 10.9. The van der Waals surface area contributed by atoms with E-state index in [-0.39, 0.29) is 29.6 Å². The number of amides is 1. The number of aromatic nitrogens is 2. The van der Waals surface area contributed by atoms with Gasteiger partial charge in [0.2, 0.25) is 5.91 Å². The number of hydrogen-bond acceptors (Lipinski definition) is 5. The third-order valence-electron chi connectivity index (χ3n) is 4.83. The van der Waals surface area contributed by atoms with E-state index in [0.717, 1.165) is 10.4 Å². The molecular formula is C23H18FN3O3S. The number of thiophene rings is 1. The van der Waals surface area contributed by atoms with Gasteiger partial charge >= 0.3 is 0 Å². The molecule has 0 aliphatic carbocycles. The lowest BCUT2D eigenvalue weighted by atomic mass is 10.0.